The van der Waals surface area contributed by atoms with Gasteiger partial charge in [-0.2, -0.15) is 0 Å². The predicted molar refractivity (Wildman–Crippen MR) is 97.9 cm³/mol. The van der Waals surface area contributed by atoms with Crippen LogP contribution in [-0.2, 0) is 10.2 Å². The Labute approximate surface area is 147 Å². The first-order chi connectivity index (χ1) is 12.0. The maximum atomic E-state index is 12.9. The zero-order valence-corrected chi connectivity index (χ0v) is 14.5. The summed E-state index contributed by atoms with van der Waals surface area (Å²) in [5.41, 5.74) is 3.21. The molecular formula is C20H21N3O2. The molecular weight excluding hydrogens is 314 g/mol. The molecule has 0 saturated carbocycles. The molecule has 2 aromatic carbocycles. The van der Waals surface area contributed by atoms with E-state index < -0.39 is 5.41 Å². The summed E-state index contributed by atoms with van der Waals surface area (Å²) in [5.74, 6) is 0.0832. The van der Waals surface area contributed by atoms with E-state index in [1.165, 1.54) is 0 Å². The molecule has 0 unspecified atom stereocenters. The van der Waals surface area contributed by atoms with Crippen molar-refractivity contribution >= 4 is 23.3 Å². The zero-order valence-electron chi connectivity index (χ0n) is 14.5. The highest BCUT2D eigenvalue weighted by Gasteiger charge is 2.54. The molecule has 2 aliphatic rings. The van der Waals surface area contributed by atoms with Crippen LogP contribution in [0.2, 0.25) is 0 Å². The van der Waals surface area contributed by atoms with Gasteiger partial charge >= 0.3 is 6.03 Å². The Morgan fingerprint density at radius 1 is 1.12 bits per heavy atom. The van der Waals surface area contributed by atoms with Gasteiger partial charge in [0.1, 0.15) is 0 Å². The maximum Gasteiger partial charge on any atom is 0.321 e. The summed E-state index contributed by atoms with van der Waals surface area (Å²) in [6.07, 6.45) is 0.661. The molecule has 4 rings (SSSR count). The molecule has 1 spiro atoms. The number of nitrogens with one attached hydrogen (secondary N) is 1. The fraction of sp³-hybridized carbons (Fsp3) is 0.300. The van der Waals surface area contributed by atoms with Gasteiger partial charge in [0.15, 0.2) is 0 Å². The highest BCUT2D eigenvalue weighted by molar-refractivity contribution is 6.08. The van der Waals surface area contributed by atoms with Crippen molar-refractivity contribution in [1.82, 2.24) is 4.90 Å². The first kappa shape index (κ1) is 15.7. The molecule has 2 aliphatic heterocycles. The van der Waals surface area contributed by atoms with Gasteiger partial charge in [-0.3, -0.25) is 4.79 Å². The van der Waals surface area contributed by atoms with Gasteiger partial charge in [-0.05, 0) is 36.6 Å². The number of fused-ring (bicyclic) bond motifs is 2. The quantitative estimate of drug-likeness (QED) is 0.870. The average molecular weight is 335 g/mol. The molecule has 0 aromatic heterocycles. The number of anilines is 2. The number of rotatable bonds is 1. The molecule has 0 radical (unpaired) electrons. The van der Waals surface area contributed by atoms with Crippen molar-refractivity contribution in [3.05, 3.63) is 59.7 Å². The van der Waals surface area contributed by atoms with Crippen molar-refractivity contribution in [1.29, 1.82) is 0 Å². The molecule has 1 N–H and O–H groups in total. The van der Waals surface area contributed by atoms with E-state index >= 15 is 0 Å². The second-order valence-electron chi connectivity index (χ2n) is 6.88. The Morgan fingerprint density at radius 3 is 2.64 bits per heavy atom. The molecule has 1 atom stereocenters. The number of amides is 3. The Balaban J connectivity index is 1.58. The van der Waals surface area contributed by atoms with Crippen molar-refractivity contribution in [3.8, 4) is 0 Å². The smallest absolute Gasteiger partial charge is 0.321 e. The zero-order chi connectivity index (χ0) is 17.6. The second-order valence-corrected chi connectivity index (χ2v) is 6.88. The number of carbonyl (C=O) groups is 2. The molecule has 5 nitrogen and oxygen atoms in total. The summed E-state index contributed by atoms with van der Waals surface area (Å²) in [5, 5.41) is 2.97. The van der Waals surface area contributed by atoms with Gasteiger partial charge in [0.05, 0.1) is 5.41 Å². The summed E-state index contributed by atoms with van der Waals surface area (Å²) >= 11 is 0. The van der Waals surface area contributed by atoms with Crippen LogP contribution in [0.15, 0.2) is 48.5 Å². The van der Waals surface area contributed by atoms with Crippen LogP contribution in [-0.4, -0.2) is 37.0 Å². The first-order valence-corrected chi connectivity index (χ1v) is 8.52. The topological polar surface area (TPSA) is 52.7 Å². The summed E-state index contributed by atoms with van der Waals surface area (Å²) in [6.45, 7) is 2.96. The van der Waals surface area contributed by atoms with E-state index in [4.69, 9.17) is 0 Å². The first-order valence-electron chi connectivity index (χ1n) is 8.52. The standard InChI is InChI=1S/C20H21N3O2/c1-14-7-3-5-9-16(14)21-19(25)23-12-11-20(13-23)15-8-4-6-10-17(15)22(2)18(20)24/h3-10H,11-13H2,1-2H3,(H,21,25)/t20-/m0/s1. The van der Waals surface area contributed by atoms with Gasteiger partial charge in [0.25, 0.3) is 0 Å². The third-order valence-electron chi connectivity index (χ3n) is 5.44. The van der Waals surface area contributed by atoms with Gasteiger partial charge in [-0.15, -0.1) is 0 Å². The minimum Gasteiger partial charge on any atom is -0.323 e. The normalized spacial score (nSPS) is 21.8. The van der Waals surface area contributed by atoms with E-state index in [0.717, 1.165) is 22.5 Å². The molecule has 25 heavy (non-hydrogen) atoms. The molecule has 128 valence electrons. The van der Waals surface area contributed by atoms with Gasteiger partial charge in [-0.1, -0.05) is 36.4 Å². The van der Waals surface area contributed by atoms with Crippen molar-refractivity contribution in [3.63, 3.8) is 0 Å². The fourth-order valence-corrected chi connectivity index (χ4v) is 4.00. The van der Waals surface area contributed by atoms with Gasteiger partial charge in [-0.25, -0.2) is 4.79 Å². The summed E-state index contributed by atoms with van der Waals surface area (Å²) in [6, 6.07) is 15.4. The Morgan fingerprint density at radius 2 is 1.84 bits per heavy atom. The Bertz CT molecular complexity index is 864. The van der Waals surface area contributed by atoms with E-state index in [9.17, 15) is 9.59 Å². The number of aryl methyl sites for hydroxylation is 1. The number of nitrogens with zero attached hydrogens (tertiary/aromatic N) is 2. The van der Waals surface area contributed by atoms with Crippen LogP contribution in [0.3, 0.4) is 0 Å². The highest BCUT2D eigenvalue weighted by atomic mass is 16.2. The number of hydrogen-bond donors (Lipinski definition) is 1. The predicted octanol–water partition coefficient (Wildman–Crippen LogP) is 3.15. The van der Waals surface area contributed by atoms with E-state index in [0.29, 0.717) is 19.5 Å². The Hall–Kier alpha value is -2.82. The number of likely N-dealkylation sites (N-methyl/N-ethyl adjacent to an activating group) is 1. The lowest BCUT2D eigenvalue weighted by molar-refractivity contribution is -0.122. The Kier molecular flexibility index (Phi) is 3.53. The molecule has 1 fully saturated rings. The summed E-state index contributed by atoms with van der Waals surface area (Å²) < 4.78 is 0. The number of hydrogen-bond acceptors (Lipinski definition) is 2. The van der Waals surface area contributed by atoms with Crippen LogP contribution in [0.5, 0.6) is 0 Å². The van der Waals surface area contributed by atoms with Crippen molar-refractivity contribution < 1.29 is 9.59 Å². The van der Waals surface area contributed by atoms with Gasteiger partial charge < -0.3 is 15.1 Å². The van der Waals surface area contributed by atoms with E-state index in [1.54, 1.807) is 9.80 Å². The maximum absolute atomic E-state index is 12.9. The number of carbonyl (C=O) groups excluding carboxylic acids is 2. The lowest BCUT2D eigenvalue weighted by Gasteiger charge is -2.24. The van der Waals surface area contributed by atoms with Crippen LogP contribution in [0, 0.1) is 6.92 Å². The van der Waals surface area contributed by atoms with Crippen LogP contribution in [0.4, 0.5) is 16.2 Å². The third-order valence-corrected chi connectivity index (χ3v) is 5.44. The third kappa shape index (κ3) is 2.30. The fourth-order valence-electron chi connectivity index (χ4n) is 4.00. The SMILES string of the molecule is Cc1ccccc1NC(=O)N1CC[C@@]2(C1)C(=O)N(C)c1ccccc12. The molecule has 0 bridgehead atoms. The molecule has 1 saturated heterocycles. The summed E-state index contributed by atoms with van der Waals surface area (Å²) in [4.78, 5) is 29.1. The minimum atomic E-state index is -0.603. The number of likely N-dealkylation sites (tertiary alicyclic amines) is 1. The number of para-hydroxylation sites is 2. The van der Waals surface area contributed by atoms with Crippen molar-refractivity contribution in [2.24, 2.45) is 0 Å². The summed E-state index contributed by atoms with van der Waals surface area (Å²) in [7, 11) is 1.81. The molecule has 5 heteroatoms. The van der Waals surface area contributed by atoms with E-state index in [-0.39, 0.29) is 11.9 Å². The van der Waals surface area contributed by atoms with Crippen molar-refractivity contribution in [2.45, 2.75) is 18.8 Å². The number of benzene rings is 2. The van der Waals surface area contributed by atoms with Crippen LogP contribution in [0.1, 0.15) is 17.5 Å². The van der Waals surface area contributed by atoms with Crippen LogP contribution >= 0.6 is 0 Å². The van der Waals surface area contributed by atoms with Crippen molar-refractivity contribution in [2.75, 3.05) is 30.4 Å². The molecule has 2 aromatic rings. The minimum absolute atomic E-state index is 0.0832. The van der Waals surface area contributed by atoms with E-state index in [1.807, 2.05) is 62.5 Å². The average Bonchev–Trinajstić information content (AvgIpc) is 3.16. The largest absolute Gasteiger partial charge is 0.323 e. The molecule has 2 heterocycles. The van der Waals surface area contributed by atoms with Gasteiger partial charge in [0.2, 0.25) is 5.91 Å². The lowest BCUT2D eigenvalue weighted by Crippen LogP contribution is -2.43. The van der Waals surface area contributed by atoms with Crippen LogP contribution < -0.4 is 10.2 Å². The lowest BCUT2D eigenvalue weighted by atomic mass is 9.81. The highest BCUT2D eigenvalue weighted by Crippen LogP contribution is 2.46. The number of urea groups is 1. The monoisotopic (exact) mass is 335 g/mol. The van der Waals surface area contributed by atoms with Crippen LogP contribution in [0.25, 0.3) is 0 Å². The molecule has 0 aliphatic carbocycles. The second kappa shape index (κ2) is 5.62. The van der Waals surface area contributed by atoms with E-state index in [2.05, 4.69) is 5.32 Å². The molecule has 3 amide bonds. The van der Waals surface area contributed by atoms with Gasteiger partial charge in [0, 0.05) is 31.5 Å².